The molecular weight excluding hydrogens is 567 g/mol. The van der Waals surface area contributed by atoms with Gasteiger partial charge in [0, 0.05) is 16.9 Å². The Morgan fingerprint density at radius 3 is 1.45 bits per heavy atom. The molecule has 1 nitrogen and oxygen atoms in total. The lowest BCUT2D eigenvalue weighted by Gasteiger charge is -2.28. The third-order valence-electron chi connectivity index (χ3n) is 8.89. The minimum absolute atomic E-state index is 1.11. The number of rotatable bonds is 7. The van der Waals surface area contributed by atoms with Crippen LogP contribution in [0.15, 0.2) is 200 Å². The van der Waals surface area contributed by atoms with Crippen molar-refractivity contribution in [1.29, 1.82) is 0 Å². The predicted molar refractivity (Wildman–Crippen MR) is 200 cm³/mol. The zero-order valence-corrected chi connectivity index (χ0v) is 26.0. The van der Waals surface area contributed by atoms with Gasteiger partial charge in [-0.2, -0.15) is 0 Å². The van der Waals surface area contributed by atoms with Gasteiger partial charge in [-0.05, 0) is 86.1 Å². The molecule has 0 N–H and O–H groups in total. The van der Waals surface area contributed by atoms with E-state index in [1.165, 1.54) is 55.3 Å². The summed E-state index contributed by atoms with van der Waals surface area (Å²) in [5, 5.41) is 2.52. The second-order valence-corrected chi connectivity index (χ2v) is 11.8. The van der Waals surface area contributed by atoms with Crippen LogP contribution in [0.3, 0.4) is 0 Å². The van der Waals surface area contributed by atoms with Gasteiger partial charge in [-0.15, -0.1) is 0 Å². The second-order valence-electron chi connectivity index (χ2n) is 11.8. The quantitative estimate of drug-likeness (QED) is 0.176. The Morgan fingerprint density at radius 1 is 0.277 bits per heavy atom. The Morgan fingerprint density at radius 2 is 0.745 bits per heavy atom. The van der Waals surface area contributed by atoms with Crippen LogP contribution in [0.2, 0.25) is 0 Å². The van der Waals surface area contributed by atoms with Crippen LogP contribution in [0.5, 0.6) is 0 Å². The summed E-state index contributed by atoms with van der Waals surface area (Å²) in [7, 11) is 0. The molecule has 0 spiro atoms. The van der Waals surface area contributed by atoms with Gasteiger partial charge in [0.15, 0.2) is 0 Å². The van der Waals surface area contributed by atoms with Crippen molar-refractivity contribution in [1.82, 2.24) is 0 Å². The average Bonchev–Trinajstić information content (AvgIpc) is 3.16. The predicted octanol–water partition coefficient (Wildman–Crippen LogP) is 13.0. The summed E-state index contributed by atoms with van der Waals surface area (Å²) in [5.41, 5.74) is 13.0. The van der Waals surface area contributed by atoms with Crippen LogP contribution in [0.4, 0.5) is 17.1 Å². The first-order valence-corrected chi connectivity index (χ1v) is 16.1. The van der Waals surface area contributed by atoms with Crippen LogP contribution in [0.1, 0.15) is 0 Å². The van der Waals surface area contributed by atoms with Crippen molar-refractivity contribution in [2.45, 2.75) is 0 Å². The second kappa shape index (κ2) is 12.7. The van der Waals surface area contributed by atoms with Crippen molar-refractivity contribution in [2.24, 2.45) is 0 Å². The molecule has 0 fully saturated rings. The maximum Gasteiger partial charge on any atom is 0.0540 e. The molecule has 1 heteroatoms. The third-order valence-corrected chi connectivity index (χ3v) is 8.89. The highest BCUT2D eigenvalue weighted by Gasteiger charge is 2.19. The normalized spacial score (nSPS) is 11.0. The maximum atomic E-state index is 2.38. The number of nitrogens with zero attached hydrogens (tertiary/aromatic N) is 1. The Bertz CT molecular complexity index is 2270. The molecule has 0 aliphatic heterocycles. The Kier molecular flexibility index (Phi) is 7.63. The Hall–Kier alpha value is -6.18. The van der Waals surface area contributed by atoms with Crippen LogP contribution >= 0.6 is 0 Å². The molecule has 0 saturated heterocycles. The zero-order chi connectivity index (χ0) is 31.4. The smallest absolute Gasteiger partial charge is 0.0540 e. The number of fused-ring (bicyclic) bond motifs is 1. The van der Waals surface area contributed by atoms with Gasteiger partial charge in [-0.25, -0.2) is 0 Å². The van der Waals surface area contributed by atoms with E-state index in [-0.39, 0.29) is 0 Å². The van der Waals surface area contributed by atoms with Gasteiger partial charge < -0.3 is 4.90 Å². The molecule has 0 amide bonds. The van der Waals surface area contributed by atoms with Gasteiger partial charge in [0.05, 0.1) is 5.69 Å². The van der Waals surface area contributed by atoms with Crippen LogP contribution in [0.25, 0.3) is 55.3 Å². The summed E-state index contributed by atoms with van der Waals surface area (Å²) in [4.78, 5) is 2.38. The van der Waals surface area contributed by atoms with E-state index in [9.17, 15) is 0 Å². The lowest BCUT2D eigenvalue weighted by molar-refractivity contribution is 1.28. The van der Waals surface area contributed by atoms with E-state index in [0.29, 0.717) is 0 Å². The van der Waals surface area contributed by atoms with Gasteiger partial charge in [-0.3, -0.25) is 0 Å². The summed E-state index contributed by atoms with van der Waals surface area (Å²) >= 11 is 0. The Labute approximate surface area is 276 Å². The number of hydrogen-bond donors (Lipinski definition) is 0. The van der Waals surface area contributed by atoms with Crippen molar-refractivity contribution in [3.63, 3.8) is 0 Å². The number of anilines is 3. The van der Waals surface area contributed by atoms with E-state index >= 15 is 0 Å². The number of para-hydroxylation sites is 1. The maximum absolute atomic E-state index is 2.38. The molecule has 0 aliphatic rings. The fraction of sp³-hybridized carbons (Fsp3) is 0. The molecule has 0 bridgehead atoms. The lowest BCUT2D eigenvalue weighted by atomic mass is 9.91. The summed E-state index contributed by atoms with van der Waals surface area (Å²) in [6.07, 6.45) is 0. The molecule has 0 aromatic heterocycles. The highest BCUT2D eigenvalue weighted by atomic mass is 15.1. The molecule has 0 radical (unpaired) electrons. The molecule has 8 aromatic rings. The van der Waals surface area contributed by atoms with E-state index in [1.54, 1.807) is 0 Å². The number of benzene rings is 8. The van der Waals surface area contributed by atoms with Crippen molar-refractivity contribution in [3.8, 4) is 44.5 Å². The molecule has 0 atom stereocenters. The fourth-order valence-corrected chi connectivity index (χ4v) is 6.62. The van der Waals surface area contributed by atoms with Crippen LogP contribution in [-0.4, -0.2) is 0 Å². The first-order chi connectivity index (χ1) is 23.3. The van der Waals surface area contributed by atoms with Crippen molar-refractivity contribution < 1.29 is 0 Å². The molecule has 0 unspecified atom stereocenters. The minimum Gasteiger partial charge on any atom is -0.310 e. The summed E-state index contributed by atoms with van der Waals surface area (Å²) < 4.78 is 0. The first kappa shape index (κ1) is 28.3. The molecule has 8 rings (SSSR count). The SMILES string of the molecule is c1ccc(-c2ccccc2-c2ccc(N(c3ccccc3)c3ccc(-c4cccc5ccccc45)cc3)c(-c3ccccc3)c2)cc1. The van der Waals surface area contributed by atoms with Gasteiger partial charge in [-0.1, -0.05) is 164 Å². The van der Waals surface area contributed by atoms with E-state index < -0.39 is 0 Å². The zero-order valence-electron chi connectivity index (χ0n) is 26.0. The molecule has 8 aromatic carbocycles. The average molecular weight is 600 g/mol. The van der Waals surface area contributed by atoms with Gasteiger partial charge in [0.25, 0.3) is 0 Å². The molecule has 222 valence electrons. The van der Waals surface area contributed by atoms with Crippen molar-refractivity contribution in [3.05, 3.63) is 200 Å². The van der Waals surface area contributed by atoms with E-state index in [0.717, 1.165) is 17.1 Å². The molecule has 0 heterocycles. The third kappa shape index (κ3) is 5.60. The molecule has 47 heavy (non-hydrogen) atoms. The molecule has 0 saturated carbocycles. The van der Waals surface area contributed by atoms with Crippen LogP contribution in [-0.2, 0) is 0 Å². The highest BCUT2D eigenvalue weighted by Crippen LogP contribution is 2.44. The highest BCUT2D eigenvalue weighted by molar-refractivity contribution is 5.97. The van der Waals surface area contributed by atoms with Gasteiger partial charge in [0.1, 0.15) is 0 Å². The van der Waals surface area contributed by atoms with Crippen molar-refractivity contribution >= 4 is 27.8 Å². The molecule has 0 aliphatic carbocycles. The summed E-state index contributed by atoms with van der Waals surface area (Å²) in [6.45, 7) is 0. The number of hydrogen-bond acceptors (Lipinski definition) is 1. The lowest BCUT2D eigenvalue weighted by Crippen LogP contribution is -2.11. The standard InChI is InChI=1S/C46H33N/c1-4-15-34(16-5-1)42-24-12-13-25-44(42)38-29-32-46(45(33-38)36-17-6-2-7-18-36)47(39-21-8-3-9-22-39)40-30-27-37(28-31-40)43-26-14-20-35-19-10-11-23-41(35)43/h1-33H. The van der Waals surface area contributed by atoms with E-state index in [2.05, 4.69) is 205 Å². The van der Waals surface area contributed by atoms with Crippen LogP contribution < -0.4 is 4.90 Å². The van der Waals surface area contributed by atoms with E-state index in [1.807, 2.05) is 0 Å². The largest absolute Gasteiger partial charge is 0.310 e. The van der Waals surface area contributed by atoms with E-state index in [4.69, 9.17) is 0 Å². The Balaban J connectivity index is 1.29. The summed E-state index contributed by atoms with van der Waals surface area (Å²) in [5.74, 6) is 0. The first-order valence-electron chi connectivity index (χ1n) is 16.1. The van der Waals surface area contributed by atoms with Crippen molar-refractivity contribution in [2.75, 3.05) is 4.90 Å². The van der Waals surface area contributed by atoms with Gasteiger partial charge in [0.2, 0.25) is 0 Å². The summed E-state index contributed by atoms with van der Waals surface area (Å²) in [6, 6.07) is 71.8. The fourth-order valence-electron chi connectivity index (χ4n) is 6.62. The molecular formula is C46H33N. The topological polar surface area (TPSA) is 3.24 Å². The van der Waals surface area contributed by atoms with Crippen LogP contribution in [0, 0.1) is 0 Å². The minimum atomic E-state index is 1.11. The monoisotopic (exact) mass is 599 g/mol. The van der Waals surface area contributed by atoms with Gasteiger partial charge >= 0.3 is 0 Å².